The van der Waals surface area contributed by atoms with E-state index in [9.17, 15) is 23.1 Å². The number of carbonyl (C=O) groups excluding carboxylic acids is 1. The van der Waals surface area contributed by atoms with Gasteiger partial charge in [0, 0.05) is 30.0 Å². The Labute approximate surface area is 214 Å². The monoisotopic (exact) mass is 535 g/mol. The molecule has 1 atom stereocenters. The van der Waals surface area contributed by atoms with Crippen molar-refractivity contribution in [2.75, 3.05) is 41.8 Å². The number of rotatable bonds is 5. The lowest BCUT2D eigenvalue weighted by molar-refractivity contribution is -0.137. The molecule has 0 unspecified atom stereocenters. The van der Waals surface area contributed by atoms with Gasteiger partial charge in [-0.25, -0.2) is 4.98 Å². The second-order valence-electron chi connectivity index (χ2n) is 8.49. The second kappa shape index (κ2) is 9.94. The molecule has 194 valence electrons. The van der Waals surface area contributed by atoms with E-state index < -0.39 is 23.8 Å². The molecule has 0 spiro atoms. The first-order chi connectivity index (χ1) is 17.7. The van der Waals surface area contributed by atoms with Crippen LogP contribution in [0.15, 0.2) is 42.7 Å². The van der Waals surface area contributed by atoms with Gasteiger partial charge < -0.3 is 30.1 Å². The summed E-state index contributed by atoms with van der Waals surface area (Å²) in [4.78, 5) is 22.8. The Morgan fingerprint density at radius 1 is 1.24 bits per heavy atom. The highest BCUT2D eigenvalue weighted by Gasteiger charge is 2.33. The van der Waals surface area contributed by atoms with E-state index in [1.807, 2.05) is 0 Å². The Hall–Kier alpha value is -3.77. The fourth-order valence-electron chi connectivity index (χ4n) is 4.04. The molecule has 1 fully saturated rings. The molecule has 1 amide bonds. The lowest BCUT2D eigenvalue weighted by Crippen LogP contribution is -2.22. The maximum absolute atomic E-state index is 13.6. The van der Waals surface area contributed by atoms with Crippen LogP contribution in [-0.2, 0) is 6.18 Å². The van der Waals surface area contributed by atoms with Crippen LogP contribution >= 0.6 is 11.6 Å². The summed E-state index contributed by atoms with van der Waals surface area (Å²) < 4.78 is 52.1. The van der Waals surface area contributed by atoms with E-state index in [1.165, 1.54) is 30.6 Å². The van der Waals surface area contributed by atoms with Crippen LogP contribution in [0.25, 0.3) is 0 Å². The van der Waals surface area contributed by atoms with E-state index in [0.717, 1.165) is 12.1 Å². The van der Waals surface area contributed by atoms with Gasteiger partial charge >= 0.3 is 6.18 Å². The average Bonchev–Trinajstić information content (AvgIpc) is 3.31. The van der Waals surface area contributed by atoms with Crippen LogP contribution in [0.3, 0.4) is 0 Å². The van der Waals surface area contributed by atoms with Crippen molar-refractivity contribution in [2.45, 2.75) is 18.7 Å². The Kier molecular flexibility index (Phi) is 6.69. The first-order valence-electron chi connectivity index (χ1n) is 11.3. The van der Waals surface area contributed by atoms with Crippen LogP contribution in [0.2, 0.25) is 5.02 Å². The standard InChI is InChI=1S/C24H21ClF3N5O4/c25-18-2-1-13(7-19(18)37-23-20-21(30-12-31-23)29-4-6-36-20)22(35)32-15-8-14(24(26,27)28)9-16(10-15)33-5-3-17(34)11-33/h1-2,7-10,12,17,34H,3-6,11H2,(H,32,35)(H,29,30,31)/t17-/m0/s1. The van der Waals surface area contributed by atoms with Crippen LogP contribution in [-0.4, -0.2) is 53.3 Å². The van der Waals surface area contributed by atoms with Crippen LogP contribution in [0.4, 0.5) is 30.4 Å². The van der Waals surface area contributed by atoms with Crippen molar-refractivity contribution in [2.24, 2.45) is 0 Å². The molecule has 5 rings (SSSR count). The third kappa shape index (κ3) is 5.49. The number of amides is 1. The summed E-state index contributed by atoms with van der Waals surface area (Å²) in [6, 6.07) is 7.51. The molecule has 0 aliphatic carbocycles. The topological polar surface area (TPSA) is 109 Å². The molecule has 13 heteroatoms. The summed E-state index contributed by atoms with van der Waals surface area (Å²) in [5.74, 6) is 0.262. The lowest BCUT2D eigenvalue weighted by Gasteiger charge is -2.21. The average molecular weight is 536 g/mol. The minimum absolute atomic E-state index is 0.0435. The van der Waals surface area contributed by atoms with Crippen LogP contribution in [0, 0.1) is 0 Å². The molecular weight excluding hydrogens is 515 g/mol. The SMILES string of the molecule is O=C(Nc1cc(N2CC[C@H](O)C2)cc(C(F)(F)F)c1)c1ccc(Cl)c(Oc2ncnc3c2OCCN3)c1. The van der Waals surface area contributed by atoms with Crippen molar-refractivity contribution >= 4 is 34.7 Å². The number of aliphatic hydroxyl groups is 1. The largest absolute Gasteiger partial charge is 0.483 e. The summed E-state index contributed by atoms with van der Waals surface area (Å²) in [6.45, 7) is 1.55. The number of anilines is 3. The van der Waals surface area contributed by atoms with E-state index in [1.54, 1.807) is 4.90 Å². The number of β-amino-alcohol motifs (C(OH)–C–C–N with tert-alkyl or cyclic N) is 1. The minimum Gasteiger partial charge on any atom is -0.483 e. The van der Waals surface area contributed by atoms with Crippen LogP contribution < -0.4 is 25.0 Å². The summed E-state index contributed by atoms with van der Waals surface area (Å²) in [5.41, 5.74) is -0.609. The van der Waals surface area contributed by atoms with Crippen molar-refractivity contribution in [3.8, 4) is 17.4 Å². The van der Waals surface area contributed by atoms with Crippen molar-refractivity contribution in [1.29, 1.82) is 0 Å². The van der Waals surface area contributed by atoms with E-state index >= 15 is 0 Å². The van der Waals surface area contributed by atoms with Gasteiger partial charge in [0.2, 0.25) is 5.75 Å². The first-order valence-corrected chi connectivity index (χ1v) is 11.7. The molecule has 1 aromatic heterocycles. The number of halogens is 4. The third-order valence-electron chi connectivity index (χ3n) is 5.84. The molecule has 0 saturated carbocycles. The number of ether oxygens (including phenoxy) is 2. The second-order valence-corrected chi connectivity index (χ2v) is 8.90. The number of fused-ring (bicyclic) bond motifs is 1. The zero-order chi connectivity index (χ0) is 26.2. The van der Waals surface area contributed by atoms with Gasteiger partial charge in [0.05, 0.1) is 23.2 Å². The van der Waals surface area contributed by atoms with Crippen molar-refractivity contribution in [1.82, 2.24) is 9.97 Å². The molecule has 0 radical (unpaired) electrons. The molecule has 3 heterocycles. The zero-order valence-corrected chi connectivity index (χ0v) is 19.9. The predicted octanol–water partition coefficient (Wildman–Crippen LogP) is 4.57. The molecule has 2 aromatic carbocycles. The molecule has 2 aliphatic rings. The number of benzene rings is 2. The molecular formula is C24H21ClF3N5O4. The lowest BCUT2D eigenvalue weighted by atomic mass is 10.1. The minimum atomic E-state index is -4.62. The van der Waals surface area contributed by atoms with Crippen LogP contribution in [0.1, 0.15) is 22.3 Å². The summed E-state index contributed by atoms with van der Waals surface area (Å²) >= 11 is 6.26. The van der Waals surface area contributed by atoms with Crippen molar-refractivity contribution in [3.63, 3.8) is 0 Å². The Bertz CT molecular complexity index is 1340. The van der Waals surface area contributed by atoms with Crippen LogP contribution in [0.5, 0.6) is 17.4 Å². The van der Waals surface area contributed by atoms with E-state index in [4.69, 9.17) is 21.1 Å². The summed E-state index contributed by atoms with van der Waals surface area (Å²) in [7, 11) is 0. The van der Waals surface area contributed by atoms with Gasteiger partial charge in [-0.15, -0.1) is 0 Å². The van der Waals surface area contributed by atoms with Gasteiger partial charge in [0.15, 0.2) is 5.82 Å². The molecule has 2 aliphatic heterocycles. The highest BCUT2D eigenvalue weighted by molar-refractivity contribution is 6.32. The number of nitrogens with zero attached hydrogens (tertiary/aromatic N) is 3. The fraction of sp³-hybridized carbons (Fsp3) is 0.292. The highest BCUT2D eigenvalue weighted by Crippen LogP contribution is 2.39. The number of nitrogens with one attached hydrogen (secondary N) is 2. The normalized spacial score (nSPS) is 17.0. The van der Waals surface area contributed by atoms with E-state index in [2.05, 4.69) is 20.6 Å². The number of aliphatic hydroxyl groups excluding tert-OH is 1. The molecule has 37 heavy (non-hydrogen) atoms. The van der Waals surface area contributed by atoms with Gasteiger partial charge in [0.1, 0.15) is 18.7 Å². The molecule has 3 N–H and O–H groups in total. The summed E-state index contributed by atoms with van der Waals surface area (Å²) in [5, 5.41) is 15.6. The Balaban J connectivity index is 1.40. The van der Waals surface area contributed by atoms with Gasteiger partial charge in [-0.05, 0) is 42.8 Å². The van der Waals surface area contributed by atoms with Crippen molar-refractivity contribution < 1.29 is 32.5 Å². The van der Waals surface area contributed by atoms with E-state index in [-0.39, 0.29) is 40.1 Å². The van der Waals surface area contributed by atoms with Gasteiger partial charge in [-0.1, -0.05) is 11.6 Å². The van der Waals surface area contributed by atoms with Gasteiger partial charge in [-0.3, -0.25) is 4.79 Å². The quantitative estimate of drug-likeness (QED) is 0.436. The number of aromatic nitrogens is 2. The Morgan fingerprint density at radius 2 is 2.08 bits per heavy atom. The first kappa shape index (κ1) is 24.9. The maximum atomic E-state index is 13.6. The van der Waals surface area contributed by atoms with Crippen molar-refractivity contribution in [3.05, 3.63) is 58.9 Å². The number of hydrogen-bond donors (Lipinski definition) is 3. The van der Waals surface area contributed by atoms with Gasteiger partial charge in [0.25, 0.3) is 11.8 Å². The smallest absolute Gasteiger partial charge is 0.416 e. The maximum Gasteiger partial charge on any atom is 0.416 e. The molecule has 3 aromatic rings. The van der Waals surface area contributed by atoms with E-state index in [0.29, 0.717) is 37.7 Å². The molecule has 0 bridgehead atoms. The third-order valence-corrected chi connectivity index (χ3v) is 6.16. The number of carbonyl (C=O) groups is 1. The zero-order valence-electron chi connectivity index (χ0n) is 19.2. The Morgan fingerprint density at radius 3 is 2.84 bits per heavy atom. The molecule has 1 saturated heterocycles. The van der Waals surface area contributed by atoms with Gasteiger partial charge in [-0.2, -0.15) is 18.2 Å². The number of hydrogen-bond acceptors (Lipinski definition) is 8. The predicted molar refractivity (Wildman–Crippen MR) is 130 cm³/mol. The highest BCUT2D eigenvalue weighted by atomic mass is 35.5. The fourth-order valence-corrected chi connectivity index (χ4v) is 4.20. The molecule has 9 nitrogen and oxygen atoms in total. The summed E-state index contributed by atoms with van der Waals surface area (Å²) in [6.07, 6.45) is -3.52. The number of alkyl halides is 3.